The number of piperidine rings is 1. The van der Waals surface area contributed by atoms with Crippen LogP contribution >= 0.6 is 0 Å². The second kappa shape index (κ2) is 10.3. The number of amides is 1. The van der Waals surface area contributed by atoms with Gasteiger partial charge in [0.2, 0.25) is 15.9 Å². The second-order valence-electron chi connectivity index (χ2n) is 7.65. The summed E-state index contributed by atoms with van der Waals surface area (Å²) in [6.45, 7) is 2.85. The van der Waals surface area contributed by atoms with E-state index in [1.165, 1.54) is 24.2 Å². The monoisotopic (exact) mass is 401 g/mol. The number of nitrogens with one attached hydrogen (secondary N) is 2. The highest BCUT2D eigenvalue weighted by atomic mass is 32.2. The summed E-state index contributed by atoms with van der Waals surface area (Å²) in [5.41, 5.74) is 0. The molecule has 0 atom stereocenters. The Bertz CT molecular complexity index is 606. The number of carbonyl (C=O) groups is 1. The number of sulfonamides is 1. The molecule has 2 aliphatic rings. The molecule has 2 fully saturated rings. The molecule has 0 spiro atoms. The van der Waals surface area contributed by atoms with E-state index < -0.39 is 10.0 Å². The molecule has 1 saturated carbocycles. The van der Waals surface area contributed by atoms with Crippen LogP contribution in [0.2, 0.25) is 0 Å². The van der Waals surface area contributed by atoms with E-state index in [-0.39, 0.29) is 24.2 Å². The van der Waals surface area contributed by atoms with Gasteiger partial charge in [-0.15, -0.1) is 0 Å². The van der Waals surface area contributed by atoms with Crippen LogP contribution in [0.15, 0.2) is 4.99 Å². The zero-order valence-corrected chi connectivity index (χ0v) is 17.7. The molecule has 156 valence electrons. The van der Waals surface area contributed by atoms with Crippen molar-refractivity contribution in [3.8, 4) is 0 Å². The Labute approximate surface area is 163 Å². The van der Waals surface area contributed by atoms with Crippen molar-refractivity contribution < 1.29 is 13.2 Å². The quantitative estimate of drug-likeness (QED) is 0.506. The van der Waals surface area contributed by atoms with E-state index in [9.17, 15) is 13.2 Å². The van der Waals surface area contributed by atoms with Crippen LogP contribution in [0.5, 0.6) is 0 Å². The molecule has 9 heteroatoms. The lowest BCUT2D eigenvalue weighted by Gasteiger charge is -2.33. The Kier molecular flexibility index (Phi) is 8.34. The van der Waals surface area contributed by atoms with Crippen LogP contribution in [-0.4, -0.2) is 81.1 Å². The fraction of sp³-hybridized carbons (Fsp3) is 0.889. The zero-order chi connectivity index (χ0) is 19.9. The Morgan fingerprint density at radius 3 is 2.11 bits per heavy atom. The average Bonchev–Trinajstić information content (AvgIpc) is 2.67. The van der Waals surface area contributed by atoms with Crippen LogP contribution in [0.1, 0.15) is 51.9 Å². The SMILES string of the molecule is CCS(=O)(=O)N1CCC(NC(=NCC(=O)N(C)C)NC2CCCCC2)CC1. The third-order valence-electron chi connectivity index (χ3n) is 5.37. The topological polar surface area (TPSA) is 94.1 Å². The molecule has 0 bridgehead atoms. The molecule has 1 heterocycles. The summed E-state index contributed by atoms with van der Waals surface area (Å²) in [7, 11) is 0.334. The molecule has 1 saturated heterocycles. The lowest BCUT2D eigenvalue weighted by molar-refractivity contribution is -0.127. The van der Waals surface area contributed by atoms with E-state index in [4.69, 9.17) is 0 Å². The minimum Gasteiger partial charge on any atom is -0.354 e. The number of aliphatic imine (C=N–C) groups is 1. The van der Waals surface area contributed by atoms with E-state index in [2.05, 4.69) is 15.6 Å². The number of rotatable bonds is 6. The first-order chi connectivity index (χ1) is 12.8. The van der Waals surface area contributed by atoms with Gasteiger partial charge in [0.15, 0.2) is 5.96 Å². The summed E-state index contributed by atoms with van der Waals surface area (Å²) in [6, 6.07) is 0.553. The number of guanidine groups is 1. The van der Waals surface area contributed by atoms with Gasteiger partial charge in [0.05, 0.1) is 5.75 Å². The molecule has 0 aromatic carbocycles. The first kappa shape index (κ1) is 21.9. The largest absolute Gasteiger partial charge is 0.354 e. The van der Waals surface area contributed by atoms with Crippen molar-refractivity contribution in [2.75, 3.05) is 39.5 Å². The molecule has 8 nitrogen and oxygen atoms in total. The zero-order valence-electron chi connectivity index (χ0n) is 16.9. The standard InChI is InChI=1S/C18H35N5O3S/c1-4-27(25,26)23-12-10-16(11-13-23)21-18(19-14-17(24)22(2)3)20-15-8-6-5-7-9-15/h15-16H,4-14H2,1-3H3,(H2,19,20,21). The Balaban J connectivity index is 1.94. The maximum Gasteiger partial charge on any atom is 0.243 e. The molecule has 0 aromatic heterocycles. The van der Waals surface area contributed by atoms with Crippen LogP contribution in [0, 0.1) is 0 Å². The van der Waals surface area contributed by atoms with Crippen molar-refractivity contribution in [1.29, 1.82) is 0 Å². The van der Waals surface area contributed by atoms with Crippen LogP contribution in [-0.2, 0) is 14.8 Å². The van der Waals surface area contributed by atoms with Crippen LogP contribution in [0.4, 0.5) is 0 Å². The van der Waals surface area contributed by atoms with Gasteiger partial charge >= 0.3 is 0 Å². The summed E-state index contributed by atoms with van der Waals surface area (Å²) >= 11 is 0. The van der Waals surface area contributed by atoms with Gasteiger partial charge < -0.3 is 15.5 Å². The van der Waals surface area contributed by atoms with Gasteiger partial charge in [-0.1, -0.05) is 19.3 Å². The molecule has 1 aliphatic heterocycles. The van der Waals surface area contributed by atoms with E-state index in [1.54, 1.807) is 25.3 Å². The molecule has 1 amide bonds. The lowest BCUT2D eigenvalue weighted by Crippen LogP contribution is -2.52. The van der Waals surface area contributed by atoms with Crippen molar-refractivity contribution >= 4 is 21.9 Å². The van der Waals surface area contributed by atoms with Gasteiger partial charge in [-0.05, 0) is 32.6 Å². The lowest BCUT2D eigenvalue weighted by atomic mass is 9.96. The minimum absolute atomic E-state index is 0.0383. The van der Waals surface area contributed by atoms with E-state index in [0.717, 1.165) is 25.7 Å². The smallest absolute Gasteiger partial charge is 0.243 e. The predicted octanol–water partition coefficient (Wildman–Crippen LogP) is 0.757. The van der Waals surface area contributed by atoms with Gasteiger partial charge in [-0.25, -0.2) is 17.7 Å². The van der Waals surface area contributed by atoms with E-state index in [1.807, 2.05) is 0 Å². The molecule has 0 aromatic rings. The predicted molar refractivity (Wildman–Crippen MR) is 108 cm³/mol. The van der Waals surface area contributed by atoms with Crippen molar-refractivity contribution in [2.45, 2.75) is 64.0 Å². The first-order valence-electron chi connectivity index (χ1n) is 10.1. The molecule has 2 rings (SSSR count). The summed E-state index contributed by atoms with van der Waals surface area (Å²) < 4.78 is 25.6. The van der Waals surface area contributed by atoms with Gasteiger partial charge in [-0.3, -0.25) is 4.79 Å². The van der Waals surface area contributed by atoms with Crippen LogP contribution in [0.3, 0.4) is 0 Å². The number of carbonyl (C=O) groups excluding carboxylic acids is 1. The van der Waals surface area contributed by atoms with Crippen molar-refractivity contribution in [3.05, 3.63) is 0 Å². The van der Waals surface area contributed by atoms with Crippen molar-refractivity contribution in [1.82, 2.24) is 19.8 Å². The molecule has 1 aliphatic carbocycles. The van der Waals surface area contributed by atoms with Gasteiger partial charge in [-0.2, -0.15) is 0 Å². The van der Waals surface area contributed by atoms with Crippen molar-refractivity contribution in [3.63, 3.8) is 0 Å². The maximum atomic E-state index is 12.0. The first-order valence-corrected chi connectivity index (χ1v) is 11.7. The Morgan fingerprint density at radius 1 is 1.04 bits per heavy atom. The molecule has 0 radical (unpaired) electrons. The minimum atomic E-state index is -3.12. The molecule has 2 N–H and O–H groups in total. The molecule has 0 unspecified atom stereocenters. The van der Waals surface area contributed by atoms with Gasteiger partial charge in [0.25, 0.3) is 0 Å². The summed E-state index contributed by atoms with van der Waals surface area (Å²) in [5.74, 6) is 0.783. The second-order valence-corrected chi connectivity index (χ2v) is 9.91. The highest BCUT2D eigenvalue weighted by Gasteiger charge is 2.27. The summed E-state index contributed by atoms with van der Waals surface area (Å²) in [4.78, 5) is 17.9. The number of likely N-dealkylation sites (N-methyl/N-ethyl adjacent to an activating group) is 1. The normalized spacial score (nSPS) is 21.1. The Morgan fingerprint density at radius 2 is 1.59 bits per heavy atom. The summed E-state index contributed by atoms with van der Waals surface area (Å²) in [6.07, 6.45) is 7.44. The number of hydrogen-bond donors (Lipinski definition) is 2. The third kappa shape index (κ3) is 6.95. The highest BCUT2D eigenvalue weighted by Crippen LogP contribution is 2.18. The number of hydrogen-bond acceptors (Lipinski definition) is 4. The fourth-order valence-corrected chi connectivity index (χ4v) is 4.65. The van der Waals surface area contributed by atoms with Crippen molar-refractivity contribution in [2.24, 2.45) is 4.99 Å². The van der Waals surface area contributed by atoms with Crippen LogP contribution in [0.25, 0.3) is 0 Å². The Hall–Kier alpha value is -1.35. The molecule has 27 heavy (non-hydrogen) atoms. The maximum absolute atomic E-state index is 12.0. The average molecular weight is 402 g/mol. The highest BCUT2D eigenvalue weighted by molar-refractivity contribution is 7.89. The molecular formula is C18H35N5O3S. The third-order valence-corrected chi connectivity index (χ3v) is 7.25. The van der Waals surface area contributed by atoms with Gasteiger partial charge in [0, 0.05) is 39.3 Å². The van der Waals surface area contributed by atoms with E-state index >= 15 is 0 Å². The van der Waals surface area contributed by atoms with Gasteiger partial charge in [0.1, 0.15) is 6.54 Å². The number of nitrogens with zero attached hydrogens (tertiary/aromatic N) is 3. The summed E-state index contributed by atoms with van der Waals surface area (Å²) in [5, 5.41) is 6.92. The molecular weight excluding hydrogens is 366 g/mol. The fourth-order valence-electron chi connectivity index (χ4n) is 3.52. The van der Waals surface area contributed by atoms with Crippen LogP contribution < -0.4 is 10.6 Å². The van der Waals surface area contributed by atoms with E-state index in [0.29, 0.717) is 25.1 Å².